The van der Waals surface area contributed by atoms with E-state index in [1.165, 1.54) is 64.2 Å². The number of allylic oxidation sites excluding steroid dienone is 4. The topological polar surface area (TPSA) is 92.7 Å². The molecule has 0 saturated carbocycles. The number of hydrogen-bond acceptors (Lipinski definition) is 4. The smallest absolute Gasteiger partial charge is 0.322 e. The second-order valence-electron chi connectivity index (χ2n) is 11.1. The third-order valence-corrected chi connectivity index (χ3v) is 7.11. The van der Waals surface area contributed by atoms with Crippen LogP contribution in [0, 0.1) is 0 Å². The van der Waals surface area contributed by atoms with Crippen LogP contribution in [0.3, 0.4) is 0 Å². The largest absolute Gasteiger partial charge is 0.480 e. The number of unbranched alkanes of at least 4 members (excludes halogenated alkanes) is 14. The van der Waals surface area contributed by atoms with Gasteiger partial charge in [0.15, 0.2) is 0 Å². The van der Waals surface area contributed by atoms with Gasteiger partial charge in [-0.15, -0.1) is 0 Å². The van der Waals surface area contributed by atoms with Gasteiger partial charge in [0, 0.05) is 12.8 Å². The first-order valence-electron chi connectivity index (χ1n) is 16.5. The number of ether oxygens (including phenoxy) is 1. The third kappa shape index (κ3) is 28.9. The first-order valence-corrected chi connectivity index (χ1v) is 16.5. The first-order chi connectivity index (χ1) is 19.5. The lowest BCUT2D eigenvalue weighted by Gasteiger charge is -2.18. The highest BCUT2D eigenvalue weighted by Crippen LogP contribution is 2.18. The van der Waals surface area contributed by atoms with E-state index in [4.69, 9.17) is 9.84 Å². The summed E-state index contributed by atoms with van der Waals surface area (Å²) in [5.41, 5.74) is 0. The molecule has 1 amide bonds. The van der Waals surface area contributed by atoms with Crippen molar-refractivity contribution in [3.8, 4) is 0 Å². The highest BCUT2D eigenvalue weighted by atomic mass is 16.5. The van der Waals surface area contributed by atoms with E-state index in [2.05, 4.69) is 43.5 Å². The van der Waals surface area contributed by atoms with Gasteiger partial charge in [0.05, 0.1) is 0 Å². The van der Waals surface area contributed by atoms with E-state index in [0.717, 1.165) is 70.6 Å². The summed E-state index contributed by atoms with van der Waals surface area (Å²) in [6.07, 6.45) is 32.9. The number of carbonyl (C=O) groups excluding carboxylic acids is 2. The molecule has 0 aliphatic heterocycles. The number of amides is 1. The summed E-state index contributed by atoms with van der Waals surface area (Å²) in [5, 5.41) is 11.0. The number of esters is 1. The van der Waals surface area contributed by atoms with Gasteiger partial charge in [0.25, 0.3) is 0 Å². The minimum absolute atomic E-state index is 0.00106. The Labute approximate surface area is 245 Å². The van der Waals surface area contributed by atoms with E-state index < -0.39 is 5.97 Å². The third-order valence-electron chi connectivity index (χ3n) is 7.11. The Bertz CT molecular complexity index is 673. The van der Waals surface area contributed by atoms with Gasteiger partial charge < -0.3 is 15.2 Å². The average molecular weight is 564 g/mol. The van der Waals surface area contributed by atoms with E-state index in [9.17, 15) is 14.4 Å². The lowest BCUT2D eigenvalue weighted by Crippen LogP contribution is -2.28. The number of carbonyl (C=O) groups is 3. The molecule has 0 aromatic carbocycles. The molecule has 0 radical (unpaired) electrons. The minimum atomic E-state index is -1.02. The molecule has 0 spiro atoms. The molecule has 0 fully saturated rings. The Balaban J connectivity index is 4.09. The maximum Gasteiger partial charge on any atom is 0.322 e. The van der Waals surface area contributed by atoms with E-state index >= 15 is 0 Å². The van der Waals surface area contributed by atoms with Crippen molar-refractivity contribution in [2.45, 2.75) is 168 Å². The van der Waals surface area contributed by atoms with Crippen molar-refractivity contribution in [2.75, 3.05) is 6.54 Å². The molecule has 6 heteroatoms. The maximum absolute atomic E-state index is 12.5. The van der Waals surface area contributed by atoms with Crippen molar-refractivity contribution < 1.29 is 24.2 Å². The summed E-state index contributed by atoms with van der Waals surface area (Å²) in [7, 11) is 0. The Morgan fingerprint density at radius 1 is 0.650 bits per heavy atom. The van der Waals surface area contributed by atoms with Crippen LogP contribution in [0.1, 0.15) is 162 Å². The fourth-order valence-electron chi connectivity index (χ4n) is 4.67. The molecule has 0 aromatic rings. The van der Waals surface area contributed by atoms with Gasteiger partial charge in [-0.2, -0.15) is 0 Å². The van der Waals surface area contributed by atoms with Crippen LogP contribution in [0.4, 0.5) is 0 Å². The summed E-state index contributed by atoms with van der Waals surface area (Å²) in [5.74, 6) is -1.28. The zero-order valence-corrected chi connectivity index (χ0v) is 25.9. The summed E-state index contributed by atoms with van der Waals surface area (Å²) in [4.78, 5) is 34.7. The van der Waals surface area contributed by atoms with Gasteiger partial charge in [-0.25, -0.2) is 0 Å². The number of nitrogens with one attached hydrogen (secondary N) is 1. The van der Waals surface area contributed by atoms with Crippen LogP contribution < -0.4 is 5.32 Å². The summed E-state index contributed by atoms with van der Waals surface area (Å²) in [6, 6.07) is 0. The Kier molecular flexibility index (Phi) is 28.3. The van der Waals surface area contributed by atoms with Gasteiger partial charge in [0.2, 0.25) is 5.91 Å². The highest BCUT2D eigenvalue weighted by Gasteiger charge is 2.14. The van der Waals surface area contributed by atoms with Crippen molar-refractivity contribution in [3.63, 3.8) is 0 Å². The van der Waals surface area contributed by atoms with Crippen LogP contribution in [0.2, 0.25) is 0 Å². The summed E-state index contributed by atoms with van der Waals surface area (Å²) >= 11 is 0. The molecule has 0 aliphatic carbocycles. The average Bonchev–Trinajstić information content (AvgIpc) is 2.93. The van der Waals surface area contributed by atoms with Gasteiger partial charge in [-0.05, 0) is 64.2 Å². The second kappa shape index (κ2) is 29.9. The number of carboxylic acids is 1. The Hall–Kier alpha value is -2.11. The Morgan fingerprint density at radius 2 is 1.20 bits per heavy atom. The number of carboxylic acid groups (broad SMARTS) is 1. The molecule has 0 aliphatic rings. The fourth-order valence-corrected chi connectivity index (χ4v) is 4.67. The molecular formula is C34H61NO5. The SMILES string of the molecule is CCC/C=C\C/C=C\CCCCCCCC(=O)OC(CCCCCCCC)CCCCCCC(=O)NCC(=O)O. The van der Waals surface area contributed by atoms with Gasteiger partial charge >= 0.3 is 11.9 Å². The van der Waals surface area contributed by atoms with E-state index in [0.29, 0.717) is 12.8 Å². The lowest BCUT2D eigenvalue weighted by molar-refractivity contribution is -0.150. The van der Waals surface area contributed by atoms with E-state index in [1.807, 2.05) is 0 Å². The van der Waals surface area contributed by atoms with Gasteiger partial charge in [0.1, 0.15) is 12.6 Å². The molecule has 0 aromatic heterocycles. The molecule has 0 saturated heterocycles. The first kappa shape index (κ1) is 37.9. The number of aliphatic carboxylic acids is 1. The standard InChI is InChI=1S/C34H61NO5/c1-3-5-7-9-11-12-13-14-15-16-17-19-25-29-34(39)40-31(26-22-18-10-8-6-4-2)27-23-20-21-24-28-32(36)35-30-33(37)38/h7,9,12-13,31H,3-6,8,10-11,14-30H2,1-2H3,(H,35,36)(H,37,38)/b9-7-,13-12-. The van der Waals surface area contributed by atoms with Crippen molar-refractivity contribution in [2.24, 2.45) is 0 Å². The molecule has 232 valence electrons. The molecule has 0 bridgehead atoms. The van der Waals surface area contributed by atoms with Gasteiger partial charge in [-0.1, -0.05) is 109 Å². The highest BCUT2D eigenvalue weighted by molar-refractivity contribution is 5.80. The fraction of sp³-hybridized carbons (Fsp3) is 0.794. The van der Waals surface area contributed by atoms with Crippen LogP contribution >= 0.6 is 0 Å². The Morgan fingerprint density at radius 3 is 1.82 bits per heavy atom. The molecule has 1 unspecified atom stereocenters. The molecule has 40 heavy (non-hydrogen) atoms. The summed E-state index contributed by atoms with van der Waals surface area (Å²) in [6.45, 7) is 4.11. The van der Waals surface area contributed by atoms with E-state index in [-0.39, 0.29) is 24.5 Å². The predicted octanol–water partition coefficient (Wildman–Crippen LogP) is 9.22. The molecule has 1 atom stereocenters. The van der Waals surface area contributed by atoms with Crippen molar-refractivity contribution in [1.29, 1.82) is 0 Å². The molecule has 2 N–H and O–H groups in total. The van der Waals surface area contributed by atoms with Crippen LogP contribution in [-0.4, -0.2) is 35.6 Å². The second-order valence-corrected chi connectivity index (χ2v) is 11.1. The van der Waals surface area contributed by atoms with Crippen LogP contribution in [0.15, 0.2) is 24.3 Å². The summed E-state index contributed by atoms with van der Waals surface area (Å²) < 4.78 is 5.91. The molecular weight excluding hydrogens is 502 g/mol. The lowest BCUT2D eigenvalue weighted by atomic mass is 10.0. The van der Waals surface area contributed by atoms with Gasteiger partial charge in [-0.3, -0.25) is 14.4 Å². The maximum atomic E-state index is 12.5. The predicted molar refractivity (Wildman–Crippen MR) is 166 cm³/mol. The van der Waals surface area contributed by atoms with Crippen LogP contribution in [-0.2, 0) is 19.1 Å². The number of rotatable bonds is 29. The molecule has 0 heterocycles. The normalized spacial score (nSPS) is 12.2. The van der Waals surface area contributed by atoms with Crippen molar-refractivity contribution >= 4 is 17.8 Å². The van der Waals surface area contributed by atoms with E-state index in [1.54, 1.807) is 0 Å². The van der Waals surface area contributed by atoms with Crippen LogP contribution in [0.25, 0.3) is 0 Å². The zero-order chi connectivity index (χ0) is 29.5. The molecule has 0 rings (SSSR count). The van der Waals surface area contributed by atoms with Crippen molar-refractivity contribution in [3.05, 3.63) is 24.3 Å². The van der Waals surface area contributed by atoms with Crippen molar-refractivity contribution in [1.82, 2.24) is 5.32 Å². The minimum Gasteiger partial charge on any atom is -0.480 e. The monoisotopic (exact) mass is 563 g/mol. The molecule has 6 nitrogen and oxygen atoms in total. The quantitative estimate of drug-likeness (QED) is 0.0537. The zero-order valence-electron chi connectivity index (χ0n) is 25.9. The van der Waals surface area contributed by atoms with Crippen LogP contribution in [0.5, 0.6) is 0 Å². The number of hydrogen-bond donors (Lipinski definition) is 2.